The number of nitrogens with one attached hydrogen (secondary N) is 1. The molecule has 0 amide bonds. The molecular formula is C18H38N2O2. The molecule has 0 heterocycles. The molecular weight excluding hydrogens is 276 g/mol. The summed E-state index contributed by atoms with van der Waals surface area (Å²) in [7, 11) is 0. The number of hydrogen-bond donors (Lipinski definition) is 2. The van der Waals surface area contributed by atoms with Crippen LogP contribution in [0.4, 0.5) is 0 Å². The van der Waals surface area contributed by atoms with E-state index in [1.807, 2.05) is 6.92 Å². The molecule has 0 saturated heterocycles. The van der Waals surface area contributed by atoms with Crippen LogP contribution in [0.25, 0.3) is 0 Å². The summed E-state index contributed by atoms with van der Waals surface area (Å²) < 4.78 is 0. The van der Waals surface area contributed by atoms with Crippen molar-refractivity contribution in [3.8, 4) is 0 Å². The highest BCUT2D eigenvalue weighted by Crippen LogP contribution is 2.11. The lowest BCUT2D eigenvalue weighted by atomic mass is 10.1. The summed E-state index contributed by atoms with van der Waals surface area (Å²) in [6.07, 6.45) is 16.2. The van der Waals surface area contributed by atoms with Crippen molar-refractivity contribution in [2.24, 2.45) is 0 Å². The van der Waals surface area contributed by atoms with Crippen molar-refractivity contribution >= 4 is 5.97 Å². The van der Waals surface area contributed by atoms with Crippen molar-refractivity contribution in [3.05, 3.63) is 0 Å². The highest BCUT2D eigenvalue weighted by atomic mass is 16.4. The molecule has 0 fully saturated rings. The zero-order chi connectivity index (χ0) is 16.5. The van der Waals surface area contributed by atoms with Crippen molar-refractivity contribution < 1.29 is 9.90 Å². The van der Waals surface area contributed by atoms with Gasteiger partial charge in [-0.05, 0) is 6.42 Å². The molecule has 0 bridgehead atoms. The molecule has 0 radical (unpaired) electrons. The molecule has 0 unspecified atom stereocenters. The number of hydrazine groups is 1. The van der Waals surface area contributed by atoms with Crippen molar-refractivity contribution in [2.75, 3.05) is 19.6 Å². The molecule has 22 heavy (non-hydrogen) atoms. The van der Waals surface area contributed by atoms with E-state index in [-0.39, 0.29) is 6.54 Å². The van der Waals surface area contributed by atoms with Crippen LogP contribution in [0.3, 0.4) is 0 Å². The number of unbranched alkanes of at least 4 members (excludes halogenated alkanes) is 11. The Balaban J connectivity index is 3.18. The van der Waals surface area contributed by atoms with Crippen LogP contribution in [0, 0.1) is 0 Å². The van der Waals surface area contributed by atoms with Gasteiger partial charge in [0.1, 0.15) is 6.54 Å². The maximum atomic E-state index is 10.6. The van der Waals surface area contributed by atoms with Crippen molar-refractivity contribution in [1.82, 2.24) is 10.4 Å². The molecule has 0 rings (SSSR count). The highest BCUT2D eigenvalue weighted by Gasteiger charge is 2.05. The van der Waals surface area contributed by atoms with Gasteiger partial charge in [0.05, 0.1) is 0 Å². The van der Waals surface area contributed by atoms with E-state index in [9.17, 15) is 4.79 Å². The third kappa shape index (κ3) is 15.8. The van der Waals surface area contributed by atoms with E-state index in [4.69, 9.17) is 5.11 Å². The lowest BCUT2D eigenvalue weighted by Crippen LogP contribution is -2.41. The maximum absolute atomic E-state index is 10.6. The second-order valence-corrected chi connectivity index (χ2v) is 6.21. The summed E-state index contributed by atoms with van der Waals surface area (Å²) in [5.74, 6) is -0.774. The number of carboxylic acid groups (broad SMARTS) is 1. The third-order valence-electron chi connectivity index (χ3n) is 4.07. The normalized spacial score (nSPS) is 11.2. The molecule has 0 aromatic carbocycles. The minimum atomic E-state index is -0.774. The Morgan fingerprint density at radius 1 is 0.818 bits per heavy atom. The lowest BCUT2D eigenvalue weighted by molar-refractivity contribution is -0.139. The fourth-order valence-corrected chi connectivity index (χ4v) is 2.65. The average Bonchev–Trinajstić information content (AvgIpc) is 2.50. The number of rotatable bonds is 17. The second-order valence-electron chi connectivity index (χ2n) is 6.21. The molecule has 132 valence electrons. The predicted molar refractivity (Wildman–Crippen MR) is 94.0 cm³/mol. The summed E-state index contributed by atoms with van der Waals surface area (Å²) in [5.41, 5.74) is 3.19. The topological polar surface area (TPSA) is 52.6 Å². The number of likely N-dealkylation sites (N-methyl/N-ethyl adjacent to an activating group) is 1. The molecule has 0 saturated carbocycles. The minimum Gasteiger partial charge on any atom is -0.480 e. The molecule has 0 aliphatic rings. The lowest BCUT2D eigenvalue weighted by Gasteiger charge is -2.19. The Bertz CT molecular complexity index is 247. The number of carboxylic acids is 1. The van der Waals surface area contributed by atoms with E-state index in [2.05, 4.69) is 12.3 Å². The van der Waals surface area contributed by atoms with E-state index < -0.39 is 5.97 Å². The zero-order valence-corrected chi connectivity index (χ0v) is 14.9. The summed E-state index contributed by atoms with van der Waals surface area (Å²) in [6, 6.07) is 0. The van der Waals surface area contributed by atoms with Gasteiger partial charge >= 0.3 is 5.97 Å². The van der Waals surface area contributed by atoms with E-state index in [1.165, 1.54) is 70.6 Å². The molecule has 2 N–H and O–H groups in total. The second kappa shape index (κ2) is 16.8. The van der Waals surface area contributed by atoms with Gasteiger partial charge in [0, 0.05) is 13.1 Å². The minimum absolute atomic E-state index is 0.0781. The first-order chi connectivity index (χ1) is 10.7. The van der Waals surface area contributed by atoms with Crippen LogP contribution in [0.15, 0.2) is 0 Å². The van der Waals surface area contributed by atoms with Gasteiger partial charge < -0.3 is 5.11 Å². The first kappa shape index (κ1) is 21.4. The van der Waals surface area contributed by atoms with Gasteiger partial charge in [-0.25, -0.2) is 5.01 Å². The predicted octanol–water partition coefficient (Wildman–Crippen LogP) is 4.60. The first-order valence-electron chi connectivity index (χ1n) is 9.41. The summed E-state index contributed by atoms with van der Waals surface area (Å²) in [6.45, 7) is 5.93. The molecule has 0 atom stereocenters. The van der Waals surface area contributed by atoms with E-state index >= 15 is 0 Å². The molecule has 0 aliphatic carbocycles. The standard InChI is InChI=1S/C18H38N2O2/c1-3-5-6-7-8-9-10-11-12-13-14-15-16-19-20(4-2)17-18(21)22/h19H,3-17H2,1-2H3,(H,21,22). The average molecular weight is 315 g/mol. The van der Waals surface area contributed by atoms with Crippen LogP contribution in [0.1, 0.15) is 90.9 Å². The number of nitrogens with zero attached hydrogens (tertiary/aromatic N) is 1. The largest absolute Gasteiger partial charge is 0.480 e. The van der Waals surface area contributed by atoms with Gasteiger partial charge in [-0.3, -0.25) is 10.2 Å². The summed E-state index contributed by atoms with van der Waals surface area (Å²) in [5, 5.41) is 10.5. The van der Waals surface area contributed by atoms with Crippen LogP contribution >= 0.6 is 0 Å². The smallest absolute Gasteiger partial charge is 0.319 e. The van der Waals surface area contributed by atoms with Crippen molar-refractivity contribution in [1.29, 1.82) is 0 Å². The van der Waals surface area contributed by atoms with Crippen LogP contribution in [0.2, 0.25) is 0 Å². The van der Waals surface area contributed by atoms with Gasteiger partial charge in [-0.15, -0.1) is 0 Å². The van der Waals surface area contributed by atoms with Crippen molar-refractivity contribution in [2.45, 2.75) is 90.9 Å². The van der Waals surface area contributed by atoms with E-state index in [0.29, 0.717) is 0 Å². The molecule has 0 aliphatic heterocycles. The summed E-state index contributed by atoms with van der Waals surface area (Å²) >= 11 is 0. The Morgan fingerprint density at radius 2 is 1.27 bits per heavy atom. The van der Waals surface area contributed by atoms with E-state index in [0.717, 1.165) is 19.5 Å². The van der Waals surface area contributed by atoms with Crippen LogP contribution in [-0.2, 0) is 4.79 Å². The number of hydrogen-bond acceptors (Lipinski definition) is 3. The first-order valence-corrected chi connectivity index (χ1v) is 9.41. The SMILES string of the molecule is CCCCCCCCCCCCCCNN(CC)CC(=O)O. The summed E-state index contributed by atoms with van der Waals surface area (Å²) in [4.78, 5) is 10.6. The van der Waals surface area contributed by atoms with Crippen LogP contribution in [-0.4, -0.2) is 35.7 Å². The van der Waals surface area contributed by atoms with Gasteiger partial charge in [-0.1, -0.05) is 84.5 Å². The Kier molecular flexibility index (Phi) is 16.3. The Morgan fingerprint density at radius 3 is 1.68 bits per heavy atom. The number of aliphatic carboxylic acids is 1. The Labute approximate surface area is 137 Å². The molecule has 4 heteroatoms. The maximum Gasteiger partial charge on any atom is 0.319 e. The van der Waals surface area contributed by atoms with Crippen LogP contribution < -0.4 is 5.43 Å². The van der Waals surface area contributed by atoms with Gasteiger partial charge in [0.2, 0.25) is 0 Å². The molecule has 4 nitrogen and oxygen atoms in total. The van der Waals surface area contributed by atoms with Crippen molar-refractivity contribution in [3.63, 3.8) is 0 Å². The third-order valence-corrected chi connectivity index (χ3v) is 4.07. The number of carbonyl (C=O) groups is 1. The molecule has 0 spiro atoms. The molecule has 0 aromatic rings. The monoisotopic (exact) mass is 314 g/mol. The fourth-order valence-electron chi connectivity index (χ4n) is 2.65. The van der Waals surface area contributed by atoms with Gasteiger partial charge in [-0.2, -0.15) is 0 Å². The Hall–Kier alpha value is -0.610. The molecule has 0 aromatic heterocycles. The van der Waals surface area contributed by atoms with Crippen LogP contribution in [0.5, 0.6) is 0 Å². The highest BCUT2D eigenvalue weighted by molar-refractivity contribution is 5.68. The van der Waals surface area contributed by atoms with Gasteiger partial charge in [0.15, 0.2) is 0 Å². The zero-order valence-electron chi connectivity index (χ0n) is 14.9. The van der Waals surface area contributed by atoms with Gasteiger partial charge in [0.25, 0.3) is 0 Å². The quantitative estimate of drug-likeness (QED) is 0.304. The van der Waals surface area contributed by atoms with E-state index in [1.54, 1.807) is 5.01 Å². The fraction of sp³-hybridized carbons (Fsp3) is 0.944.